The summed E-state index contributed by atoms with van der Waals surface area (Å²) in [6.45, 7) is 7.82. The van der Waals surface area contributed by atoms with E-state index in [1.54, 1.807) is 0 Å². The molecule has 0 saturated carbocycles. The molecule has 0 radical (unpaired) electrons. The highest BCUT2D eigenvalue weighted by Gasteiger charge is 2.47. The number of aliphatic hydroxyl groups is 4. The van der Waals surface area contributed by atoms with Gasteiger partial charge in [-0.25, -0.2) is 4.79 Å². The van der Waals surface area contributed by atoms with Crippen molar-refractivity contribution in [1.29, 1.82) is 0 Å². The maximum atomic E-state index is 12.8. The van der Waals surface area contributed by atoms with Crippen LogP contribution < -0.4 is 15.1 Å². The Hall–Kier alpha value is -2.74. The maximum Gasteiger partial charge on any atom is 0.336 e. The molecule has 40 heavy (non-hydrogen) atoms. The van der Waals surface area contributed by atoms with Crippen molar-refractivity contribution in [3.63, 3.8) is 0 Å². The Bertz CT molecular complexity index is 1350. The quantitative estimate of drug-likeness (QED) is 0.303. The summed E-state index contributed by atoms with van der Waals surface area (Å²) in [6, 6.07) is 1.24. The van der Waals surface area contributed by atoms with Gasteiger partial charge in [0.2, 0.25) is 0 Å². The Kier molecular flexibility index (Phi) is 7.62. The number of benzene rings is 1. The lowest BCUT2D eigenvalue weighted by Crippen LogP contribution is -2.60. The molecule has 0 bridgehead atoms. The normalized spacial score (nSPS) is 32.9. The average Bonchev–Trinajstić information content (AvgIpc) is 2.88. The van der Waals surface area contributed by atoms with Crippen LogP contribution in [0.5, 0.6) is 11.5 Å². The molecule has 3 aliphatic rings. The predicted octanol–water partition coefficient (Wildman–Crippen LogP) is 1.23. The van der Waals surface area contributed by atoms with E-state index in [1.165, 1.54) is 6.07 Å². The van der Waals surface area contributed by atoms with E-state index in [0.29, 0.717) is 40.9 Å². The van der Waals surface area contributed by atoms with Crippen molar-refractivity contribution >= 4 is 16.9 Å². The fraction of sp³-hybridized carbons (Fsp3) is 0.643. The average molecular weight is 565 g/mol. The zero-order valence-corrected chi connectivity index (χ0v) is 23.1. The minimum Gasteiger partial charge on any atom is -0.489 e. The van der Waals surface area contributed by atoms with Crippen molar-refractivity contribution in [2.75, 3.05) is 6.61 Å². The van der Waals surface area contributed by atoms with E-state index in [0.717, 1.165) is 12.5 Å². The van der Waals surface area contributed by atoms with Crippen LogP contribution in [0, 0.1) is 5.92 Å². The molecule has 2 aromatic rings. The molecule has 5 rings (SSSR count). The summed E-state index contributed by atoms with van der Waals surface area (Å²) >= 11 is 0. The molecule has 8 atom stereocenters. The van der Waals surface area contributed by atoms with Crippen molar-refractivity contribution in [2.45, 2.75) is 103 Å². The lowest BCUT2D eigenvalue weighted by molar-refractivity contribution is -0.306. The summed E-state index contributed by atoms with van der Waals surface area (Å²) in [5, 5.41) is 42.2. The van der Waals surface area contributed by atoms with Crippen molar-refractivity contribution in [1.82, 2.24) is 0 Å². The van der Waals surface area contributed by atoms with Gasteiger partial charge in [0.1, 0.15) is 41.5 Å². The number of carbonyl (C=O) groups is 1. The Morgan fingerprint density at radius 2 is 1.88 bits per heavy atom. The fourth-order valence-corrected chi connectivity index (χ4v) is 5.60. The van der Waals surface area contributed by atoms with Crippen LogP contribution in [-0.4, -0.2) is 75.4 Å². The first-order chi connectivity index (χ1) is 18.8. The van der Waals surface area contributed by atoms with Crippen molar-refractivity contribution in [3.8, 4) is 11.5 Å². The lowest BCUT2D eigenvalue weighted by atomic mass is 9.83. The third-order valence-corrected chi connectivity index (χ3v) is 8.03. The minimum atomic E-state index is -1.60. The number of hydrogen-bond donors (Lipinski definition) is 4. The van der Waals surface area contributed by atoms with Gasteiger partial charge < -0.3 is 48.5 Å². The number of ether oxygens (including phenoxy) is 5. The van der Waals surface area contributed by atoms with Crippen molar-refractivity contribution in [2.24, 2.45) is 5.92 Å². The van der Waals surface area contributed by atoms with Crippen LogP contribution in [0.25, 0.3) is 11.0 Å². The standard InChI is InChI=1S/C28H36O12/c1-11-12(2)36-23-15-6-7-28(4,5)40-24(15)18-14(8-17(31)39-25(18)19(23)20(11)32)10-35-27-26(37-13(3)30)22(34)21(33)16(9-29)38-27/h8,11-12,16,20-22,26-27,29,32-34H,6-7,9-10H2,1-5H3/t11-,12-,16?,20-,21?,22?,26?,27?/m0/s1. The number of rotatable bonds is 5. The van der Waals surface area contributed by atoms with Crippen LogP contribution in [-0.2, 0) is 32.0 Å². The monoisotopic (exact) mass is 564 g/mol. The zero-order chi connectivity index (χ0) is 29.1. The predicted molar refractivity (Wildman–Crippen MR) is 138 cm³/mol. The van der Waals surface area contributed by atoms with Crippen molar-refractivity contribution < 1.29 is 53.3 Å². The van der Waals surface area contributed by atoms with E-state index in [4.69, 9.17) is 28.1 Å². The molecule has 12 heteroatoms. The summed E-state index contributed by atoms with van der Waals surface area (Å²) in [6.07, 6.45) is -7.11. The van der Waals surface area contributed by atoms with Gasteiger partial charge in [0.25, 0.3) is 0 Å². The minimum absolute atomic E-state index is 0.119. The first-order valence-electron chi connectivity index (χ1n) is 13.4. The van der Waals surface area contributed by atoms with E-state index in [1.807, 2.05) is 27.7 Å². The van der Waals surface area contributed by atoms with Gasteiger partial charge in [0, 0.05) is 24.5 Å². The Labute approximate surface area is 230 Å². The first kappa shape index (κ1) is 28.8. The molecule has 1 aromatic heterocycles. The largest absolute Gasteiger partial charge is 0.489 e. The summed E-state index contributed by atoms with van der Waals surface area (Å²) in [4.78, 5) is 24.5. The summed E-state index contributed by atoms with van der Waals surface area (Å²) in [5.41, 5.74) is 0.330. The Morgan fingerprint density at radius 3 is 2.55 bits per heavy atom. The number of esters is 1. The molecule has 3 aliphatic heterocycles. The van der Waals surface area contributed by atoms with E-state index in [-0.39, 0.29) is 24.2 Å². The van der Waals surface area contributed by atoms with Gasteiger partial charge in [-0.1, -0.05) is 6.92 Å². The lowest BCUT2D eigenvalue weighted by Gasteiger charge is -2.41. The third-order valence-electron chi connectivity index (χ3n) is 8.03. The highest BCUT2D eigenvalue weighted by molar-refractivity contribution is 5.94. The van der Waals surface area contributed by atoms with Gasteiger partial charge in [-0.05, 0) is 39.2 Å². The van der Waals surface area contributed by atoms with Crippen LogP contribution >= 0.6 is 0 Å². The van der Waals surface area contributed by atoms with E-state index in [9.17, 15) is 30.0 Å². The molecule has 4 N–H and O–H groups in total. The van der Waals surface area contributed by atoms with E-state index >= 15 is 0 Å². The molecule has 4 heterocycles. The summed E-state index contributed by atoms with van der Waals surface area (Å²) in [7, 11) is 0. The molecule has 0 amide bonds. The van der Waals surface area contributed by atoms with Crippen LogP contribution in [0.1, 0.15) is 63.8 Å². The van der Waals surface area contributed by atoms with E-state index < -0.39 is 60.6 Å². The Balaban J connectivity index is 1.62. The van der Waals surface area contributed by atoms with Crippen LogP contribution in [0.15, 0.2) is 15.3 Å². The fourth-order valence-electron chi connectivity index (χ4n) is 5.60. The second-order valence-corrected chi connectivity index (χ2v) is 11.4. The molecule has 1 fully saturated rings. The third kappa shape index (κ3) is 4.97. The number of hydrogen-bond acceptors (Lipinski definition) is 12. The summed E-state index contributed by atoms with van der Waals surface area (Å²) in [5.74, 6) is -0.129. The number of carbonyl (C=O) groups excluding carboxylic acids is 1. The highest BCUT2D eigenvalue weighted by atomic mass is 16.7. The molecule has 12 nitrogen and oxygen atoms in total. The smallest absolute Gasteiger partial charge is 0.336 e. The molecule has 0 spiro atoms. The molecule has 220 valence electrons. The SMILES string of the molecule is CC(=O)OC1C(OCc2cc(=O)oc3c4c(c5c(c23)OC(C)(C)CC5)O[C@@H](C)[C@H](C)[C@@H]4O)OC(CO)C(O)C1O. The topological polar surface area (TPSA) is 174 Å². The van der Waals surface area contributed by atoms with Gasteiger partial charge in [-0.2, -0.15) is 0 Å². The van der Waals surface area contributed by atoms with Gasteiger partial charge in [0.15, 0.2) is 18.0 Å². The second kappa shape index (κ2) is 10.6. The summed E-state index contributed by atoms with van der Waals surface area (Å²) < 4.78 is 35.1. The zero-order valence-electron chi connectivity index (χ0n) is 23.1. The molecule has 0 aliphatic carbocycles. The number of fused-ring (bicyclic) bond motifs is 6. The van der Waals surface area contributed by atoms with Gasteiger partial charge >= 0.3 is 11.6 Å². The van der Waals surface area contributed by atoms with Crippen LogP contribution in [0.4, 0.5) is 0 Å². The first-order valence-corrected chi connectivity index (χ1v) is 13.4. The number of aliphatic hydroxyl groups excluding tert-OH is 4. The van der Waals surface area contributed by atoms with Crippen LogP contribution in [0.3, 0.4) is 0 Å². The molecular formula is C28H36O12. The van der Waals surface area contributed by atoms with Gasteiger partial charge in [-0.3, -0.25) is 4.79 Å². The van der Waals surface area contributed by atoms with Crippen molar-refractivity contribution in [3.05, 3.63) is 33.2 Å². The molecule has 1 saturated heterocycles. The van der Waals surface area contributed by atoms with E-state index in [2.05, 4.69) is 0 Å². The molecule has 1 aromatic carbocycles. The maximum absolute atomic E-state index is 12.8. The van der Waals surface area contributed by atoms with Crippen LogP contribution in [0.2, 0.25) is 0 Å². The van der Waals surface area contributed by atoms with Gasteiger partial charge in [0.05, 0.1) is 30.3 Å². The molecular weight excluding hydrogens is 528 g/mol. The highest BCUT2D eigenvalue weighted by Crippen LogP contribution is 2.52. The van der Waals surface area contributed by atoms with Gasteiger partial charge in [-0.15, -0.1) is 0 Å². The second-order valence-electron chi connectivity index (χ2n) is 11.4. The Morgan fingerprint density at radius 1 is 1.15 bits per heavy atom. The molecule has 5 unspecified atom stereocenters.